The van der Waals surface area contributed by atoms with Crippen molar-refractivity contribution in [2.24, 2.45) is 5.73 Å². The number of rotatable bonds is 5. The first-order valence-corrected chi connectivity index (χ1v) is 5.97. The first kappa shape index (κ1) is 18.6. The molecule has 114 valence electrons. The highest BCUT2D eigenvalue weighted by atomic mass is 35.5. The lowest BCUT2D eigenvalue weighted by Gasteiger charge is -2.23. The van der Waals surface area contributed by atoms with E-state index in [0.29, 0.717) is 12.0 Å². The Bertz CT molecular complexity index is 469. The van der Waals surface area contributed by atoms with E-state index in [0.717, 1.165) is 0 Å². The van der Waals surface area contributed by atoms with Crippen LogP contribution in [-0.2, 0) is 16.0 Å². The zero-order valence-electron chi connectivity index (χ0n) is 11.2. The predicted octanol–water partition coefficient (Wildman–Crippen LogP) is 2.57. The number of alkyl halides is 2. The van der Waals surface area contributed by atoms with E-state index in [4.69, 9.17) is 5.73 Å². The zero-order valence-corrected chi connectivity index (χ0v) is 12.0. The highest BCUT2D eigenvalue weighted by Gasteiger charge is 2.48. The van der Waals surface area contributed by atoms with Crippen molar-refractivity contribution in [3.63, 3.8) is 0 Å². The second-order valence-corrected chi connectivity index (χ2v) is 4.03. The summed E-state index contributed by atoms with van der Waals surface area (Å²) < 4.78 is 31.9. The zero-order chi connectivity index (χ0) is 14.6. The molecule has 0 aromatic heterocycles. The van der Waals surface area contributed by atoms with Crippen LogP contribution in [0.1, 0.15) is 31.0 Å². The molecule has 1 rings (SSSR count). The molecule has 0 saturated heterocycles. The molecule has 0 amide bonds. The normalized spacial score (nSPS) is 12.4. The minimum atomic E-state index is -3.89. The van der Waals surface area contributed by atoms with Gasteiger partial charge < -0.3 is 15.6 Å². The maximum Gasteiger partial charge on any atom is 0.379 e. The predicted molar refractivity (Wildman–Crippen MR) is 73.2 cm³/mol. The molecule has 1 atom stereocenters. The van der Waals surface area contributed by atoms with Crippen molar-refractivity contribution in [1.82, 2.24) is 0 Å². The van der Waals surface area contributed by atoms with Gasteiger partial charge in [-0.1, -0.05) is 25.1 Å². The van der Waals surface area contributed by atoms with Gasteiger partial charge in [-0.25, -0.2) is 4.79 Å². The SMILES string of the molecule is CCOC(=O)C(F)(F)[C@H](N)c1cccc(CC)c1O.Cl. The molecule has 0 bridgehead atoms. The molecule has 0 aliphatic carbocycles. The molecule has 0 unspecified atom stereocenters. The van der Waals surface area contributed by atoms with E-state index in [1.165, 1.54) is 19.1 Å². The maximum atomic E-state index is 13.8. The van der Waals surface area contributed by atoms with E-state index >= 15 is 0 Å². The van der Waals surface area contributed by atoms with Crippen LogP contribution in [0.4, 0.5) is 8.78 Å². The Labute approximate surface area is 122 Å². The van der Waals surface area contributed by atoms with Crippen molar-refractivity contribution in [3.05, 3.63) is 29.3 Å². The number of carbonyl (C=O) groups excluding carboxylic acids is 1. The quantitative estimate of drug-likeness (QED) is 0.820. The fourth-order valence-corrected chi connectivity index (χ4v) is 1.70. The lowest BCUT2D eigenvalue weighted by molar-refractivity contribution is -0.174. The average molecular weight is 310 g/mol. The van der Waals surface area contributed by atoms with E-state index in [9.17, 15) is 18.7 Å². The number of aromatic hydroxyl groups is 1. The molecule has 1 aromatic rings. The largest absolute Gasteiger partial charge is 0.507 e. The number of phenolic OH excluding ortho intramolecular Hbond substituents is 1. The van der Waals surface area contributed by atoms with E-state index < -0.39 is 17.9 Å². The van der Waals surface area contributed by atoms with Crippen LogP contribution in [0.5, 0.6) is 5.75 Å². The number of carbonyl (C=O) groups is 1. The molecular weight excluding hydrogens is 292 g/mol. The smallest absolute Gasteiger partial charge is 0.379 e. The molecule has 0 radical (unpaired) electrons. The van der Waals surface area contributed by atoms with Crippen LogP contribution in [0.15, 0.2) is 18.2 Å². The van der Waals surface area contributed by atoms with Gasteiger partial charge in [0.25, 0.3) is 0 Å². The average Bonchev–Trinajstić information content (AvgIpc) is 2.38. The Morgan fingerprint density at radius 3 is 2.55 bits per heavy atom. The first-order chi connectivity index (χ1) is 8.86. The van der Waals surface area contributed by atoms with Crippen LogP contribution >= 0.6 is 12.4 Å². The van der Waals surface area contributed by atoms with Gasteiger partial charge in [0.2, 0.25) is 0 Å². The lowest BCUT2D eigenvalue weighted by atomic mass is 9.97. The molecule has 0 fully saturated rings. The van der Waals surface area contributed by atoms with Gasteiger partial charge in [-0.15, -0.1) is 12.4 Å². The topological polar surface area (TPSA) is 72.5 Å². The Hall–Kier alpha value is -1.40. The van der Waals surface area contributed by atoms with E-state index in [2.05, 4.69) is 4.74 Å². The lowest BCUT2D eigenvalue weighted by Crippen LogP contribution is -2.41. The van der Waals surface area contributed by atoms with Gasteiger partial charge in [0.1, 0.15) is 11.8 Å². The molecule has 20 heavy (non-hydrogen) atoms. The highest BCUT2D eigenvalue weighted by Crippen LogP contribution is 2.36. The molecule has 3 N–H and O–H groups in total. The minimum absolute atomic E-state index is 0. The fourth-order valence-electron chi connectivity index (χ4n) is 1.70. The molecule has 0 saturated carbocycles. The first-order valence-electron chi connectivity index (χ1n) is 5.97. The Kier molecular flexibility index (Phi) is 6.88. The number of phenols is 1. The van der Waals surface area contributed by atoms with E-state index in [-0.39, 0.29) is 30.3 Å². The second kappa shape index (κ2) is 7.40. The van der Waals surface area contributed by atoms with Crippen molar-refractivity contribution >= 4 is 18.4 Å². The number of benzene rings is 1. The van der Waals surface area contributed by atoms with Crippen LogP contribution in [0.3, 0.4) is 0 Å². The third-order valence-corrected chi connectivity index (χ3v) is 2.80. The standard InChI is InChI=1S/C13H17F2NO3.ClH/c1-3-8-6-5-7-9(10(8)17)11(16)13(14,15)12(18)19-4-2;/h5-7,11,17H,3-4,16H2,1-2H3;1H/t11-;/m1./s1. The number of aryl methyl sites for hydroxylation is 1. The summed E-state index contributed by atoms with van der Waals surface area (Å²) in [4.78, 5) is 11.2. The Balaban J connectivity index is 0.00000361. The third kappa shape index (κ3) is 3.58. The Morgan fingerprint density at radius 2 is 2.05 bits per heavy atom. The number of halogens is 3. The van der Waals surface area contributed by atoms with E-state index in [1.807, 2.05) is 0 Å². The molecule has 0 heterocycles. The minimum Gasteiger partial charge on any atom is -0.507 e. The number of hydrogen-bond acceptors (Lipinski definition) is 4. The number of hydrogen-bond donors (Lipinski definition) is 2. The van der Waals surface area contributed by atoms with Crippen molar-refractivity contribution in [2.45, 2.75) is 32.2 Å². The van der Waals surface area contributed by atoms with Crippen LogP contribution < -0.4 is 5.73 Å². The van der Waals surface area contributed by atoms with Crippen LogP contribution in [0.2, 0.25) is 0 Å². The fraction of sp³-hybridized carbons (Fsp3) is 0.462. The van der Waals surface area contributed by atoms with Gasteiger partial charge in [-0.2, -0.15) is 8.78 Å². The monoisotopic (exact) mass is 309 g/mol. The van der Waals surface area contributed by atoms with Crippen molar-refractivity contribution < 1.29 is 23.4 Å². The number of para-hydroxylation sites is 1. The van der Waals surface area contributed by atoms with Crippen LogP contribution in [0, 0.1) is 0 Å². The molecule has 0 spiro atoms. The molecule has 4 nitrogen and oxygen atoms in total. The van der Waals surface area contributed by atoms with Gasteiger partial charge >= 0.3 is 11.9 Å². The summed E-state index contributed by atoms with van der Waals surface area (Å²) in [5.74, 6) is -5.88. The summed E-state index contributed by atoms with van der Waals surface area (Å²) in [5.41, 5.74) is 5.74. The van der Waals surface area contributed by atoms with Gasteiger partial charge in [-0.3, -0.25) is 0 Å². The number of nitrogens with two attached hydrogens (primary N) is 1. The summed E-state index contributed by atoms with van der Waals surface area (Å²) in [6.45, 7) is 3.03. The van der Waals surface area contributed by atoms with Gasteiger partial charge in [0.15, 0.2) is 0 Å². The summed E-state index contributed by atoms with van der Waals surface area (Å²) in [5, 5.41) is 9.87. The second-order valence-electron chi connectivity index (χ2n) is 4.03. The molecule has 0 aliphatic rings. The van der Waals surface area contributed by atoms with Crippen LogP contribution in [0.25, 0.3) is 0 Å². The van der Waals surface area contributed by atoms with Crippen LogP contribution in [-0.4, -0.2) is 23.6 Å². The van der Waals surface area contributed by atoms with Gasteiger partial charge in [-0.05, 0) is 18.9 Å². The van der Waals surface area contributed by atoms with Crippen molar-refractivity contribution in [3.8, 4) is 5.75 Å². The summed E-state index contributed by atoms with van der Waals surface area (Å²) >= 11 is 0. The van der Waals surface area contributed by atoms with E-state index in [1.54, 1.807) is 13.0 Å². The third-order valence-electron chi connectivity index (χ3n) is 2.80. The molecule has 7 heteroatoms. The maximum absolute atomic E-state index is 13.8. The number of esters is 1. The highest BCUT2D eigenvalue weighted by molar-refractivity contribution is 5.85. The Morgan fingerprint density at radius 1 is 1.45 bits per heavy atom. The molecule has 0 aliphatic heterocycles. The summed E-state index contributed by atoms with van der Waals surface area (Å²) in [6.07, 6.45) is 0.470. The van der Waals surface area contributed by atoms with Gasteiger partial charge in [0.05, 0.1) is 6.61 Å². The van der Waals surface area contributed by atoms with Gasteiger partial charge in [0, 0.05) is 5.56 Å². The molecular formula is C13H18ClF2NO3. The molecule has 1 aromatic carbocycles. The van der Waals surface area contributed by atoms with Crippen molar-refractivity contribution in [1.29, 1.82) is 0 Å². The number of ether oxygens (including phenoxy) is 1. The summed E-state index contributed by atoms with van der Waals surface area (Å²) in [7, 11) is 0. The van der Waals surface area contributed by atoms with Crippen molar-refractivity contribution in [2.75, 3.05) is 6.61 Å². The summed E-state index contributed by atoms with van der Waals surface area (Å²) in [6, 6.07) is 2.44.